The van der Waals surface area contributed by atoms with Crippen LogP contribution in [0, 0.1) is 0 Å². The number of pyridine rings is 1. The van der Waals surface area contributed by atoms with Crippen molar-refractivity contribution < 1.29 is 9.31 Å². The first-order valence-corrected chi connectivity index (χ1v) is 8.37. The van der Waals surface area contributed by atoms with Gasteiger partial charge in [0.05, 0.1) is 17.7 Å². The highest BCUT2D eigenvalue weighted by atomic mass is 35.5. The number of hydrogen-bond donors (Lipinski definition) is 0. The van der Waals surface area contributed by atoms with Crippen LogP contribution in [0.25, 0.3) is 0 Å². The molecule has 6 heteroatoms. The first kappa shape index (κ1) is 17.3. The van der Waals surface area contributed by atoms with Crippen molar-refractivity contribution in [2.45, 2.75) is 45.4 Å². The summed E-state index contributed by atoms with van der Waals surface area (Å²) >= 11 is 6.34. The third-order valence-corrected chi connectivity index (χ3v) is 5.22. The van der Waals surface area contributed by atoms with Crippen molar-refractivity contribution in [2.24, 2.45) is 0 Å². The summed E-state index contributed by atoms with van der Waals surface area (Å²) in [6.45, 7) is 8.35. The number of halogens is 1. The molecule has 0 saturated carbocycles. The first-order valence-electron chi connectivity index (χ1n) is 8.00. The van der Waals surface area contributed by atoms with Crippen LogP contribution < -0.4 is 11.0 Å². The van der Waals surface area contributed by atoms with Gasteiger partial charge in [0.15, 0.2) is 0 Å². The zero-order chi connectivity index (χ0) is 17.5. The van der Waals surface area contributed by atoms with Crippen LogP contribution in [0.3, 0.4) is 0 Å². The summed E-state index contributed by atoms with van der Waals surface area (Å²) in [7, 11) is -0.637. The van der Waals surface area contributed by atoms with E-state index in [9.17, 15) is 4.79 Å². The average Bonchev–Trinajstić information content (AvgIpc) is 2.73. The van der Waals surface area contributed by atoms with E-state index in [-0.39, 0.29) is 10.6 Å². The Kier molecular flexibility index (Phi) is 4.37. The molecule has 2 heterocycles. The van der Waals surface area contributed by atoms with E-state index in [1.807, 2.05) is 58.0 Å². The van der Waals surface area contributed by atoms with Crippen LogP contribution in [0.1, 0.15) is 33.3 Å². The first-order chi connectivity index (χ1) is 11.2. The number of aromatic nitrogens is 1. The SMILES string of the molecule is CC1(C)OB(c2ccn(Cc3ccccc3)c(=O)c2Cl)OC1(C)C. The lowest BCUT2D eigenvalue weighted by atomic mass is 9.79. The minimum atomic E-state index is -0.637. The molecule has 1 fully saturated rings. The van der Waals surface area contributed by atoms with E-state index in [1.54, 1.807) is 16.8 Å². The summed E-state index contributed by atoms with van der Waals surface area (Å²) in [5, 5.41) is 0.145. The molecule has 0 unspecified atom stereocenters. The minimum Gasteiger partial charge on any atom is -0.399 e. The highest BCUT2D eigenvalue weighted by molar-refractivity contribution is 6.65. The third-order valence-electron chi connectivity index (χ3n) is 4.84. The molecular formula is C18H21BClNO3. The van der Waals surface area contributed by atoms with Gasteiger partial charge in [0.1, 0.15) is 5.02 Å². The van der Waals surface area contributed by atoms with Gasteiger partial charge in [-0.05, 0) is 39.3 Å². The average molecular weight is 346 g/mol. The molecule has 126 valence electrons. The number of hydrogen-bond acceptors (Lipinski definition) is 3. The van der Waals surface area contributed by atoms with Crippen LogP contribution in [-0.2, 0) is 15.9 Å². The van der Waals surface area contributed by atoms with E-state index >= 15 is 0 Å². The molecular weight excluding hydrogens is 324 g/mol. The fourth-order valence-corrected chi connectivity index (χ4v) is 2.88. The van der Waals surface area contributed by atoms with Crippen LogP contribution in [0.2, 0.25) is 5.02 Å². The van der Waals surface area contributed by atoms with Crippen molar-refractivity contribution in [1.82, 2.24) is 4.57 Å². The number of nitrogens with zero attached hydrogens (tertiary/aromatic N) is 1. The van der Waals surface area contributed by atoms with Crippen molar-refractivity contribution >= 4 is 24.2 Å². The van der Waals surface area contributed by atoms with E-state index in [1.165, 1.54) is 0 Å². The largest absolute Gasteiger partial charge is 0.496 e. The van der Waals surface area contributed by atoms with Crippen LogP contribution in [-0.4, -0.2) is 22.9 Å². The van der Waals surface area contributed by atoms with Crippen molar-refractivity contribution in [2.75, 3.05) is 0 Å². The summed E-state index contributed by atoms with van der Waals surface area (Å²) < 4.78 is 13.6. The summed E-state index contributed by atoms with van der Waals surface area (Å²) in [5.74, 6) is 0. The molecule has 2 aromatic rings. The predicted molar refractivity (Wildman–Crippen MR) is 97.0 cm³/mol. The van der Waals surface area contributed by atoms with Crippen LogP contribution in [0.15, 0.2) is 47.4 Å². The second-order valence-electron chi connectivity index (χ2n) is 7.09. The molecule has 0 spiro atoms. The van der Waals surface area contributed by atoms with Crippen LogP contribution >= 0.6 is 11.6 Å². The predicted octanol–water partition coefficient (Wildman–Crippen LogP) is 2.85. The Morgan fingerprint density at radius 1 is 1.04 bits per heavy atom. The zero-order valence-electron chi connectivity index (χ0n) is 14.4. The molecule has 1 aliphatic heterocycles. The summed E-state index contributed by atoms with van der Waals surface area (Å²) in [4.78, 5) is 12.6. The summed E-state index contributed by atoms with van der Waals surface area (Å²) in [6.07, 6.45) is 1.74. The van der Waals surface area contributed by atoms with Gasteiger partial charge in [0.2, 0.25) is 0 Å². The molecule has 1 aromatic heterocycles. The van der Waals surface area contributed by atoms with Gasteiger partial charge in [-0.3, -0.25) is 4.79 Å². The van der Waals surface area contributed by atoms with Gasteiger partial charge in [-0.1, -0.05) is 41.9 Å². The highest BCUT2D eigenvalue weighted by Crippen LogP contribution is 2.36. The zero-order valence-corrected chi connectivity index (χ0v) is 15.1. The lowest BCUT2D eigenvalue weighted by molar-refractivity contribution is 0.00578. The molecule has 0 amide bonds. The van der Waals surface area contributed by atoms with Crippen molar-refractivity contribution in [3.63, 3.8) is 0 Å². The Morgan fingerprint density at radius 3 is 2.21 bits per heavy atom. The van der Waals surface area contributed by atoms with Crippen molar-refractivity contribution in [3.05, 3.63) is 63.5 Å². The van der Waals surface area contributed by atoms with E-state index in [0.29, 0.717) is 12.0 Å². The van der Waals surface area contributed by atoms with Gasteiger partial charge in [0, 0.05) is 11.7 Å². The molecule has 1 aromatic carbocycles. The maximum atomic E-state index is 12.6. The second kappa shape index (κ2) is 6.06. The molecule has 4 nitrogen and oxygen atoms in total. The van der Waals surface area contributed by atoms with Gasteiger partial charge in [0.25, 0.3) is 5.56 Å². The molecule has 0 bridgehead atoms. The Balaban J connectivity index is 1.90. The van der Waals surface area contributed by atoms with Gasteiger partial charge in [-0.2, -0.15) is 0 Å². The van der Waals surface area contributed by atoms with Gasteiger partial charge >= 0.3 is 7.12 Å². The van der Waals surface area contributed by atoms with Crippen LogP contribution in [0.5, 0.6) is 0 Å². The molecule has 0 aliphatic carbocycles. The topological polar surface area (TPSA) is 40.5 Å². The fraction of sp³-hybridized carbons (Fsp3) is 0.389. The van der Waals surface area contributed by atoms with Crippen molar-refractivity contribution in [1.29, 1.82) is 0 Å². The fourth-order valence-electron chi connectivity index (χ4n) is 2.62. The van der Waals surface area contributed by atoms with Crippen molar-refractivity contribution in [3.8, 4) is 0 Å². The van der Waals surface area contributed by atoms with Gasteiger partial charge in [-0.25, -0.2) is 0 Å². The second-order valence-corrected chi connectivity index (χ2v) is 7.47. The lowest BCUT2D eigenvalue weighted by Gasteiger charge is -2.32. The van der Waals surface area contributed by atoms with Crippen LogP contribution in [0.4, 0.5) is 0 Å². The Labute approximate surface area is 147 Å². The molecule has 3 rings (SSSR count). The minimum absolute atomic E-state index is 0.145. The molecule has 1 saturated heterocycles. The van der Waals surface area contributed by atoms with E-state index in [2.05, 4.69) is 0 Å². The van der Waals surface area contributed by atoms with Gasteiger partial charge in [-0.15, -0.1) is 0 Å². The molecule has 0 radical (unpaired) electrons. The Morgan fingerprint density at radius 2 is 1.62 bits per heavy atom. The molecule has 0 N–H and O–H groups in total. The molecule has 24 heavy (non-hydrogen) atoms. The van der Waals surface area contributed by atoms with E-state index in [4.69, 9.17) is 20.9 Å². The smallest absolute Gasteiger partial charge is 0.399 e. The van der Waals surface area contributed by atoms with E-state index in [0.717, 1.165) is 5.56 Å². The maximum absolute atomic E-state index is 12.6. The highest BCUT2D eigenvalue weighted by Gasteiger charge is 2.52. The quantitative estimate of drug-likeness (QED) is 0.803. The third kappa shape index (κ3) is 3.04. The monoisotopic (exact) mass is 345 g/mol. The molecule has 1 aliphatic rings. The van der Waals surface area contributed by atoms with E-state index < -0.39 is 18.3 Å². The Bertz CT molecular complexity index is 786. The normalized spacial score (nSPS) is 18.8. The summed E-state index contributed by atoms with van der Waals surface area (Å²) in [6, 6.07) is 11.6. The standard InChI is InChI=1S/C18H21BClNO3/c1-17(2)18(3,4)24-19(23-17)14-10-11-21(16(22)15(14)20)12-13-8-6-5-7-9-13/h5-11H,12H2,1-4H3. The van der Waals surface area contributed by atoms with Gasteiger partial charge < -0.3 is 13.9 Å². The summed E-state index contributed by atoms with van der Waals surface area (Å²) in [5.41, 5.74) is 0.427. The lowest BCUT2D eigenvalue weighted by Crippen LogP contribution is -2.41. The number of benzene rings is 1. The maximum Gasteiger partial charge on any atom is 0.496 e. The number of rotatable bonds is 3. The Hall–Kier alpha value is -1.56. The molecule has 0 atom stereocenters.